The van der Waals surface area contributed by atoms with Gasteiger partial charge in [0.15, 0.2) is 0 Å². The minimum atomic E-state index is -0.218. The van der Waals surface area contributed by atoms with Crippen LogP contribution in [0.25, 0.3) is 0 Å². The highest BCUT2D eigenvalue weighted by atomic mass is 32.1. The molecule has 0 bridgehead atoms. The molecule has 110 valence electrons. The van der Waals surface area contributed by atoms with E-state index in [0.717, 1.165) is 31.8 Å². The van der Waals surface area contributed by atoms with Crippen molar-refractivity contribution in [3.05, 3.63) is 29.6 Å². The number of benzene rings is 1. The van der Waals surface area contributed by atoms with Crippen LogP contribution >= 0.6 is 12.2 Å². The highest BCUT2D eigenvalue weighted by molar-refractivity contribution is 7.80. The summed E-state index contributed by atoms with van der Waals surface area (Å²) in [4.78, 5) is 2.41. The average Bonchev–Trinajstić information content (AvgIpc) is 2.65. The maximum atomic E-state index is 14.2. The summed E-state index contributed by atoms with van der Waals surface area (Å²) >= 11 is 4.89. The van der Waals surface area contributed by atoms with Gasteiger partial charge in [-0.15, -0.1) is 0 Å². The molecular weight excluding hydrogens is 271 g/mol. The van der Waals surface area contributed by atoms with E-state index >= 15 is 0 Å². The summed E-state index contributed by atoms with van der Waals surface area (Å²) in [5.74, 6) is 0.577. The van der Waals surface area contributed by atoms with Crippen molar-refractivity contribution in [2.24, 2.45) is 11.7 Å². The van der Waals surface area contributed by atoms with E-state index < -0.39 is 0 Å². The van der Waals surface area contributed by atoms with E-state index in [0.29, 0.717) is 11.3 Å². The monoisotopic (exact) mass is 294 g/mol. The molecule has 0 saturated carbocycles. The van der Waals surface area contributed by atoms with Crippen molar-refractivity contribution in [2.75, 3.05) is 18.0 Å². The summed E-state index contributed by atoms with van der Waals surface area (Å²) < 4.78 is 14.2. The van der Waals surface area contributed by atoms with E-state index in [9.17, 15) is 4.39 Å². The topological polar surface area (TPSA) is 29.3 Å². The van der Waals surface area contributed by atoms with Gasteiger partial charge in [0.25, 0.3) is 0 Å². The molecule has 1 aromatic rings. The maximum Gasteiger partial charge on any atom is 0.147 e. The van der Waals surface area contributed by atoms with Gasteiger partial charge in [0.2, 0.25) is 0 Å². The Bertz CT molecular complexity index is 476. The second-order valence-corrected chi connectivity index (χ2v) is 6.04. The number of nitrogens with two attached hydrogens (primary N) is 1. The third kappa shape index (κ3) is 3.69. The first-order chi connectivity index (χ1) is 9.61. The highest BCUT2D eigenvalue weighted by Gasteiger charge is 2.19. The Balaban J connectivity index is 2.09. The third-order valence-corrected chi connectivity index (χ3v) is 4.35. The number of nitrogens with zero attached hydrogens (tertiary/aromatic N) is 1. The van der Waals surface area contributed by atoms with E-state index in [1.165, 1.54) is 25.3 Å². The molecule has 1 aliphatic rings. The predicted molar refractivity (Wildman–Crippen MR) is 86.7 cm³/mol. The van der Waals surface area contributed by atoms with Crippen LogP contribution < -0.4 is 10.6 Å². The molecule has 1 aliphatic heterocycles. The molecule has 2 rings (SSSR count). The maximum absolute atomic E-state index is 14.2. The molecule has 1 aromatic carbocycles. The summed E-state index contributed by atoms with van der Waals surface area (Å²) in [7, 11) is 0. The Morgan fingerprint density at radius 2 is 2.20 bits per heavy atom. The van der Waals surface area contributed by atoms with E-state index in [2.05, 4.69) is 11.8 Å². The lowest BCUT2D eigenvalue weighted by molar-refractivity contribution is 0.435. The molecule has 0 aromatic heterocycles. The SMILES string of the molecule is CCCC1CCCN(c2ccc(C(N)=S)cc2F)CC1. The van der Waals surface area contributed by atoms with Crippen LogP contribution in [0.1, 0.15) is 44.6 Å². The fourth-order valence-corrected chi connectivity index (χ4v) is 3.15. The van der Waals surface area contributed by atoms with Crippen molar-refractivity contribution in [3.8, 4) is 0 Å². The van der Waals surface area contributed by atoms with Crippen molar-refractivity contribution >= 4 is 22.9 Å². The first-order valence-corrected chi connectivity index (χ1v) is 7.87. The average molecular weight is 294 g/mol. The van der Waals surface area contributed by atoms with Crippen LogP contribution in [0.5, 0.6) is 0 Å². The molecule has 0 aliphatic carbocycles. The molecule has 1 saturated heterocycles. The van der Waals surface area contributed by atoms with Gasteiger partial charge in [-0.25, -0.2) is 4.39 Å². The zero-order valence-electron chi connectivity index (χ0n) is 12.1. The molecule has 0 amide bonds. The van der Waals surface area contributed by atoms with Crippen molar-refractivity contribution in [1.29, 1.82) is 0 Å². The largest absolute Gasteiger partial charge is 0.389 e. The van der Waals surface area contributed by atoms with Crippen LogP contribution in [-0.4, -0.2) is 18.1 Å². The normalized spacial score (nSPS) is 19.7. The quantitative estimate of drug-likeness (QED) is 0.855. The van der Waals surface area contributed by atoms with Gasteiger partial charge >= 0.3 is 0 Å². The van der Waals surface area contributed by atoms with Crippen LogP contribution in [-0.2, 0) is 0 Å². The van der Waals surface area contributed by atoms with Crippen LogP contribution in [0, 0.1) is 11.7 Å². The Morgan fingerprint density at radius 3 is 2.85 bits per heavy atom. The molecule has 1 atom stereocenters. The lowest BCUT2D eigenvalue weighted by atomic mass is 9.96. The molecule has 1 heterocycles. The van der Waals surface area contributed by atoms with Crippen molar-refractivity contribution in [1.82, 2.24) is 0 Å². The molecule has 4 heteroatoms. The lowest BCUT2D eigenvalue weighted by Crippen LogP contribution is -2.25. The van der Waals surface area contributed by atoms with Gasteiger partial charge in [0.1, 0.15) is 10.8 Å². The van der Waals surface area contributed by atoms with E-state index in [1.807, 2.05) is 12.1 Å². The third-order valence-electron chi connectivity index (χ3n) is 4.12. The molecule has 0 spiro atoms. The minimum absolute atomic E-state index is 0.218. The van der Waals surface area contributed by atoms with Gasteiger partial charge in [-0.1, -0.05) is 32.0 Å². The van der Waals surface area contributed by atoms with Gasteiger partial charge in [0, 0.05) is 18.7 Å². The van der Waals surface area contributed by atoms with Crippen molar-refractivity contribution < 1.29 is 4.39 Å². The fourth-order valence-electron chi connectivity index (χ4n) is 3.02. The summed E-state index contributed by atoms with van der Waals surface area (Å²) in [6, 6.07) is 5.07. The number of rotatable bonds is 4. The number of halogens is 1. The van der Waals surface area contributed by atoms with E-state index in [1.54, 1.807) is 0 Å². The van der Waals surface area contributed by atoms with Crippen LogP contribution in [0.2, 0.25) is 0 Å². The molecule has 1 fully saturated rings. The Labute approximate surface area is 126 Å². The van der Waals surface area contributed by atoms with Gasteiger partial charge in [-0.2, -0.15) is 0 Å². The summed E-state index contributed by atoms with van der Waals surface area (Å²) in [6.45, 7) is 4.11. The zero-order chi connectivity index (χ0) is 14.5. The van der Waals surface area contributed by atoms with Gasteiger partial charge < -0.3 is 10.6 Å². The van der Waals surface area contributed by atoms with Crippen LogP contribution in [0.3, 0.4) is 0 Å². The number of hydrogen-bond acceptors (Lipinski definition) is 2. The second kappa shape index (κ2) is 7.02. The Hall–Kier alpha value is -1.16. The van der Waals surface area contributed by atoms with Crippen molar-refractivity contribution in [2.45, 2.75) is 39.0 Å². The van der Waals surface area contributed by atoms with Crippen LogP contribution in [0.4, 0.5) is 10.1 Å². The van der Waals surface area contributed by atoms with E-state index in [4.69, 9.17) is 18.0 Å². The molecule has 1 unspecified atom stereocenters. The van der Waals surface area contributed by atoms with Gasteiger partial charge in [-0.3, -0.25) is 0 Å². The summed E-state index contributed by atoms with van der Waals surface area (Å²) in [5, 5.41) is 0. The standard InChI is InChI=1S/C16H23FN2S/c1-2-4-12-5-3-9-19(10-8-12)15-7-6-13(16(18)20)11-14(15)17/h6-7,11-12H,2-5,8-10H2,1H3,(H2,18,20). The molecule has 2 N–H and O–H groups in total. The summed E-state index contributed by atoms with van der Waals surface area (Å²) in [6.07, 6.45) is 6.08. The Kier molecular flexibility index (Phi) is 5.35. The lowest BCUT2D eigenvalue weighted by Gasteiger charge is -2.23. The molecule has 2 nitrogen and oxygen atoms in total. The fraction of sp³-hybridized carbons (Fsp3) is 0.562. The first kappa shape index (κ1) is 15.2. The van der Waals surface area contributed by atoms with Crippen LogP contribution in [0.15, 0.2) is 18.2 Å². The number of thiocarbonyl (C=S) groups is 1. The number of anilines is 1. The summed E-state index contributed by atoms with van der Waals surface area (Å²) in [5.41, 5.74) is 6.82. The van der Waals surface area contributed by atoms with Crippen molar-refractivity contribution in [3.63, 3.8) is 0 Å². The zero-order valence-corrected chi connectivity index (χ0v) is 12.9. The molecule has 20 heavy (non-hydrogen) atoms. The van der Waals surface area contributed by atoms with Gasteiger partial charge in [0.05, 0.1) is 5.69 Å². The minimum Gasteiger partial charge on any atom is -0.389 e. The highest BCUT2D eigenvalue weighted by Crippen LogP contribution is 2.27. The predicted octanol–water partition coefficient (Wildman–Crippen LogP) is 3.87. The smallest absolute Gasteiger partial charge is 0.147 e. The van der Waals surface area contributed by atoms with Gasteiger partial charge in [-0.05, 0) is 43.4 Å². The first-order valence-electron chi connectivity index (χ1n) is 7.46. The number of hydrogen-bond donors (Lipinski definition) is 1. The molecular formula is C16H23FN2S. The van der Waals surface area contributed by atoms with E-state index in [-0.39, 0.29) is 10.8 Å². The molecule has 0 radical (unpaired) electrons. The second-order valence-electron chi connectivity index (χ2n) is 5.60. The Morgan fingerprint density at radius 1 is 1.40 bits per heavy atom.